The van der Waals surface area contributed by atoms with Crippen molar-refractivity contribution < 1.29 is 14.1 Å². The lowest BCUT2D eigenvalue weighted by atomic mass is 10.0. The van der Waals surface area contributed by atoms with Crippen LogP contribution in [0.1, 0.15) is 32.6 Å². The maximum Gasteiger partial charge on any atom is 0.442 e. The Labute approximate surface area is 146 Å². The molecule has 0 spiro atoms. The Bertz CT molecular complexity index is 855. The van der Waals surface area contributed by atoms with Gasteiger partial charge in [0.05, 0.1) is 6.61 Å². The van der Waals surface area contributed by atoms with Crippen molar-refractivity contribution in [2.24, 2.45) is 0 Å². The van der Waals surface area contributed by atoms with Crippen LogP contribution in [0.25, 0.3) is 22.1 Å². The van der Waals surface area contributed by atoms with Crippen LogP contribution in [0.4, 0.5) is 5.88 Å². The van der Waals surface area contributed by atoms with Crippen LogP contribution in [0.3, 0.4) is 0 Å². The van der Waals surface area contributed by atoms with Crippen LogP contribution in [0.5, 0.6) is 5.75 Å². The number of nitro groups is 1. The minimum Gasteiger partial charge on any atom is -0.493 e. The Morgan fingerprint density at radius 1 is 1.08 bits per heavy atom. The zero-order chi connectivity index (χ0) is 17.6. The van der Waals surface area contributed by atoms with E-state index < -0.39 is 4.92 Å². The van der Waals surface area contributed by atoms with Crippen molar-refractivity contribution in [3.05, 3.63) is 58.6 Å². The fourth-order valence-electron chi connectivity index (χ4n) is 2.89. The van der Waals surface area contributed by atoms with Crippen LogP contribution in [-0.4, -0.2) is 11.5 Å². The molecule has 5 heteroatoms. The summed E-state index contributed by atoms with van der Waals surface area (Å²) in [6, 6.07) is 14.7. The lowest BCUT2D eigenvalue weighted by molar-refractivity contribution is -0.400. The van der Waals surface area contributed by atoms with Gasteiger partial charge < -0.3 is 9.15 Å². The summed E-state index contributed by atoms with van der Waals surface area (Å²) in [6.07, 6.45) is 4.53. The van der Waals surface area contributed by atoms with Gasteiger partial charge in [0.2, 0.25) is 0 Å². The monoisotopic (exact) mass is 339 g/mol. The molecular formula is C20H21NO4. The molecule has 0 aliphatic heterocycles. The smallest absolute Gasteiger partial charge is 0.442 e. The molecule has 0 aliphatic carbocycles. The fraction of sp³-hybridized carbons (Fsp3) is 0.300. The van der Waals surface area contributed by atoms with E-state index in [0.717, 1.165) is 23.8 Å². The molecule has 3 aromatic rings. The minimum absolute atomic E-state index is 0.235. The largest absolute Gasteiger partial charge is 0.493 e. The Morgan fingerprint density at radius 3 is 2.60 bits per heavy atom. The number of nitrogens with zero attached hydrogens (tertiary/aromatic N) is 1. The van der Waals surface area contributed by atoms with Crippen molar-refractivity contribution in [2.75, 3.05) is 6.61 Å². The number of unbranched alkanes of at least 4 members (excludes halogenated alkanes) is 3. The highest BCUT2D eigenvalue weighted by Gasteiger charge is 2.25. The third-order valence-electron chi connectivity index (χ3n) is 4.14. The van der Waals surface area contributed by atoms with Crippen molar-refractivity contribution in [3.8, 4) is 16.9 Å². The van der Waals surface area contributed by atoms with Crippen LogP contribution in [-0.2, 0) is 0 Å². The first-order valence-electron chi connectivity index (χ1n) is 8.60. The molecule has 130 valence electrons. The number of fused-ring (bicyclic) bond motifs is 1. The Morgan fingerprint density at radius 2 is 1.88 bits per heavy atom. The van der Waals surface area contributed by atoms with E-state index in [1.807, 2.05) is 42.5 Å². The summed E-state index contributed by atoms with van der Waals surface area (Å²) in [7, 11) is 0. The molecule has 5 nitrogen and oxygen atoms in total. The first kappa shape index (κ1) is 17.0. The molecule has 0 fully saturated rings. The van der Waals surface area contributed by atoms with Crippen LogP contribution < -0.4 is 4.74 Å². The van der Waals surface area contributed by atoms with Crippen molar-refractivity contribution in [1.29, 1.82) is 0 Å². The van der Waals surface area contributed by atoms with Crippen LogP contribution in [0, 0.1) is 10.1 Å². The molecule has 0 atom stereocenters. The SMILES string of the molecule is CCCCCCOc1ccc2c(-c3ccccc3)c([N+](=O)[O-])oc2c1. The topological polar surface area (TPSA) is 65.5 Å². The van der Waals surface area contributed by atoms with Crippen molar-refractivity contribution >= 4 is 16.9 Å². The molecule has 2 aromatic carbocycles. The van der Waals surface area contributed by atoms with Gasteiger partial charge in [-0.15, -0.1) is 0 Å². The molecule has 0 unspecified atom stereocenters. The van der Waals surface area contributed by atoms with Gasteiger partial charge >= 0.3 is 5.88 Å². The molecule has 1 aromatic heterocycles. The summed E-state index contributed by atoms with van der Waals surface area (Å²) in [5.74, 6) is 0.438. The summed E-state index contributed by atoms with van der Waals surface area (Å²) in [4.78, 5) is 10.9. The number of hydrogen-bond donors (Lipinski definition) is 0. The highest BCUT2D eigenvalue weighted by molar-refractivity contribution is 5.99. The second-order valence-electron chi connectivity index (χ2n) is 5.97. The second-order valence-corrected chi connectivity index (χ2v) is 5.97. The van der Waals surface area contributed by atoms with E-state index in [4.69, 9.17) is 9.15 Å². The normalized spacial score (nSPS) is 10.9. The standard InChI is InChI=1S/C20H21NO4/c1-2-3-4-8-13-24-16-11-12-17-18(14-16)25-20(21(22)23)19(17)15-9-6-5-7-10-15/h5-7,9-12,14H,2-4,8,13H2,1H3. The summed E-state index contributed by atoms with van der Waals surface area (Å²) in [5, 5.41) is 12.1. The van der Waals surface area contributed by atoms with Crippen molar-refractivity contribution in [2.45, 2.75) is 32.6 Å². The van der Waals surface area contributed by atoms with Crippen molar-refractivity contribution in [1.82, 2.24) is 0 Å². The molecule has 25 heavy (non-hydrogen) atoms. The zero-order valence-corrected chi connectivity index (χ0v) is 14.2. The zero-order valence-electron chi connectivity index (χ0n) is 14.2. The van der Waals surface area contributed by atoms with Gasteiger partial charge in [-0.2, -0.15) is 0 Å². The summed E-state index contributed by atoms with van der Waals surface area (Å²) >= 11 is 0. The van der Waals surface area contributed by atoms with Gasteiger partial charge in [-0.1, -0.05) is 56.5 Å². The van der Waals surface area contributed by atoms with Gasteiger partial charge in [-0.3, -0.25) is 10.1 Å². The number of hydrogen-bond acceptors (Lipinski definition) is 4. The second kappa shape index (κ2) is 7.83. The summed E-state index contributed by atoms with van der Waals surface area (Å²) in [5.41, 5.74) is 1.74. The summed E-state index contributed by atoms with van der Waals surface area (Å²) < 4.78 is 11.3. The number of furan rings is 1. The lowest BCUT2D eigenvalue weighted by Crippen LogP contribution is -1.96. The highest BCUT2D eigenvalue weighted by Crippen LogP contribution is 2.40. The van der Waals surface area contributed by atoms with Gasteiger partial charge in [0, 0.05) is 11.5 Å². The first-order valence-corrected chi connectivity index (χ1v) is 8.60. The van der Waals surface area contributed by atoms with Gasteiger partial charge in [0.25, 0.3) is 0 Å². The average Bonchev–Trinajstić information content (AvgIpc) is 3.01. The van der Waals surface area contributed by atoms with Crippen LogP contribution in [0.15, 0.2) is 52.9 Å². The molecule has 0 radical (unpaired) electrons. The Kier molecular flexibility index (Phi) is 5.33. The van der Waals surface area contributed by atoms with E-state index in [2.05, 4.69) is 6.92 Å². The van der Waals surface area contributed by atoms with E-state index in [1.165, 1.54) is 12.8 Å². The lowest BCUT2D eigenvalue weighted by Gasteiger charge is -2.05. The van der Waals surface area contributed by atoms with Crippen molar-refractivity contribution in [3.63, 3.8) is 0 Å². The molecule has 0 aliphatic rings. The molecule has 0 saturated carbocycles. The summed E-state index contributed by atoms with van der Waals surface area (Å²) in [6.45, 7) is 2.81. The van der Waals surface area contributed by atoms with E-state index in [0.29, 0.717) is 23.5 Å². The number of ether oxygens (including phenoxy) is 1. The van der Waals surface area contributed by atoms with E-state index in [-0.39, 0.29) is 5.88 Å². The van der Waals surface area contributed by atoms with Gasteiger partial charge in [-0.05, 0) is 24.1 Å². The van der Waals surface area contributed by atoms with E-state index >= 15 is 0 Å². The minimum atomic E-state index is -0.479. The maximum atomic E-state index is 11.4. The van der Waals surface area contributed by atoms with Crippen LogP contribution >= 0.6 is 0 Å². The van der Waals surface area contributed by atoms with E-state index in [9.17, 15) is 10.1 Å². The maximum absolute atomic E-state index is 11.4. The van der Waals surface area contributed by atoms with Crippen LogP contribution in [0.2, 0.25) is 0 Å². The molecule has 0 saturated heterocycles. The van der Waals surface area contributed by atoms with E-state index in [1.54, 1.807) is 6.07 Å². The number of benzene rings is 2. The quantitative estimate of drug-likeness (QED) is 0.288. The van der Waals surface area contributed by atoms with Gasteiger partial charge in [-0.25, -0.2) is 0 Å². The highest BCUT2D eigenvalue weighted by atomic mass is 16.6. The third kappa shape index (κ3) is 3.82. The molecule has 0 bridgehead atoms. The molecule has 0 N–H and O–H groups in total. The third-order valence-corrected chi connectivity index (χ3v) is 4.14. The predicted octanol–water partition coefficient (Wildman–Crippen LogP) is 5.97. The molecule has 1 heterocycles. The Hall–Kier alpha value is -2.82. The number of rotatable bonds is 8. The molecular weight excluding hydrogens is 318 g/mol. The van der Waals surface area contributed by atoms with Gasteiger partial charge in [0.15, 0.2) is 0 Å². The predicted molar refractivity (Wildman–Crippen MR) is 97.9 cm³/mol. The first-order chi connectivity index (χ1) is 12.2. The fourth-order valence-corrected chi connectivity index (χ4v) is 2.89. The molecule has 3 rings (SSSR count). The molecule has 0 amide bonds. The van der Waals surface area contributed by atoms with Gasteiger partial charge in [0.1, 0.15) is 21.8 Å². The Balaban J connectivity index is 1.90. The average molecular weight is 339 g/mol.